The quantitative estimate of drug-likeness (QED) is 0.765. The van der Waals surface area contributed by atoms with Crippen LogP contribution in [0.5, 0.6) is 0 Å². The first-order valence-corrected chi connectivity index (χ1v) is 7.00. The Morgan fingerprint density at radius 2 is 2.29 bits per heavy atom. The molecule has 0 aromatic carbocycles. The van der Waals surface area contributed by atoms with Crippen molar-refractivity contribution in [3.05, 3.63) is 0 Å². The molecule has 0 radical (unpaired) electrons. The third-order valence-electron chi connectivity index (χ3n) is 4.10. The molecule has 3 atom stereocenters. The first-order chi connectivity index (χ1) is 8.20. The molecule has 3 unspecified atom stereocenters. The molecule has 4 nitrogen and oxygen atoms in total. The standard InChI is InChI=1S/C13H25N3O/c1-2-4-12(14)13(17)15-10-6-8-16-7-3-5-11(16)9-10/h10-12H,2-9,14H2,1H3,(H,15,17). The Bertz CT molecular complexity index is 269. The molecule has 2 aliphatic heterocycles. The zero-order valence-corrected chi connectivity index (χ0v) is 10.8. The minimum absolute atomic E-state index is 0.0447. The van der Waals surface area contributed by atoms with Gasteiger partial charge in [0.2, 0.25) is 5.91 Å². The number of rotatable bonds is 4. The van der Waals surface area contributed by atoms with E-state index in [-0.39, 0.29) is 11.9 Å². The molecule has 2 rings (SSSR count). The van der Waals surface area contributed by atoms with Gasteiger partial charge < -0.3 is 16.0 Å². The number of piperidine rings is 1. The summed E-state index contributed by atoms with van der Waals surface area (Å²) in [5.41, 5.74) is 5.83. The molecule has 0 aliphatic carbocycles. The molecule has 17 heavy (non-hydrogen) atoms. The van der Waals surface area contributed by atoms with Crippen molar-refractivity contribution in [3.8, 4) is 0 Å². The Morgan fingerprint density at radius 1 is 1.47 bits per heavy atom. The lowest BCUT2D eigenvalue weighted by atomic mass is 9.97. The van der Waals surface area contributed by atoms with Gasteiger partial charge in [-0.25, -0.2) is 0 Å². The zero-order valence-electron chi connectivity index (χ0n) is 10.8. The van der Waals surface area contributed by atoms with Crippen molar-refractivity contribution in [1.29, 1.82) is 0 Å². The predicted molar refractivity (Wildman–Crippen MR) is 68.6 cm³/mol. The third-order valence-corrected chi connectivity index (χ3v) is 4.10. The number of amides is 1. The van der Waals surface area contributed by atoms with Crippen molar-refractivity contribution in [2.24, 2.45) is 5.73 Å². The van der Waals surface area contributed by atoms with E-state index in [4.69, 9.17) is 5.73 Å². The van der Waals surface area contributed by atoms with E-state index >= 15 is 0 Å². The van der Waals surface area contributed by atoms with Gasteiger partial charge in [0.05, 0.1) is 6.04 Å². The van der Waals surface area contributed by atoms with Crippen LogP contribution < -0.4 is 11.1 Å². The summed E-state index contributed by atoms with van der Waals surface area (Å²) in [6.45, 7) is 4.45. The Morgan fingerprint density at radius 3 is 3.06 bits per heavy atom. The fourth-order valence-corrected chi connectivity index (χ4v) is 3.11. The molecule has 0 aromatic rings. The van der Waals surface area contributed by atoms with Gasteiger partial charge in [0.25, 0.3) is 0 Å². The van der Waals surface area contributed by atoms with Crippen LogP contribution >= 0.6 is 0 Å². The third kappa shape index (κ3) is 3.19. The zero-order chi connectivity index (χ0) is 12.3. The molecule has 0 bridgehead atoms. The lowest BCUT2D eigenvalue weighted by molar-refractivity contribution is -0.123. The summed E-state index contributed by atoms with van der Waals surface area (Å²) in [6.07, 6.45) is 6.57. The normalized spacial score (nSPS) is 30.9. The van der Waals surface area contributed by atoms with Gasteiger partial charge in [-0.1, -0.05) is 13.3 Å². The smallest absolute Gasteiger partial charge is 0.237 e. The summed E-state index contributed by atoms with van der Waals surface area (Å²) in [5.74, 6) is 0.0447. The lowest BCUT2D eigenvalue weighted by Gasteiger charge is -2.35. The lowest BCUT2D eigenvalue weighted by Crippen LogP contribution is -2.51. The van der Waals surface area contributed by atoms with Crippen molar-refractivity contribution in [1.82, 2.24) is 10.2 Å². The van der Waals surface area contributed by atoms with Crippen molar-refractivity contribution < 1.29 is 4.79 Å². The Hall–Kier alpha value is -0.610. The van der Waals surface area contributed by atoms with Gasteiger partial charge in [0, 0.05) is 18.6 Å². The fraction of sp³-hybridized carbons (Fsp3) is 0.923. The molecule has 0 aromatic heterocycles. The van der Waals surface area contributed by atoms with Crippen LogP contribution in [-0.2, 0) is 4.79 Å². The van der Waals surface area contributed by atoms with E-state index in [9.17, 15) is 4.79 Å². The Kier molecular flexibility index (Phi) is 4.40. The minimum atomic E-state index is -0.318. The molecule has 3 N–H and O–H groups in total. The van der Waals surface area contributed by atoms with E-state index in [1.807, 2.05) is 0 Å². The van der Waals surface area contributed by atoms with Gasteiger partial charge in [0.15, 0.2) is 0 Å². The number of hydrogen-bond acceptors (Lipinski definition) is 3. The summed E-state index contributed by atoms with van der Waals surface area (Å²) in [4.78, 5) is 14.4. The number of nitrogens with two attached hydrogens (primary N) is 1. The van der Waals surface area contributed by atoms with Gasteiger partial charge in [-0.15, -0.1) is 0 Å². The first kappa shape index (κ1) is 12.8. The molecule has 4 heteroatoms. The van der Waals surface area contributed by atoms with E-state index < -0.39 is 0 Å². The largest absolute Gasteiger partial charge is 0.352 e. The molecule has 0 saturated carbocycles. The topological polar surface area (TPSA) is 58.4 Å². The average molecular weight is 239 g/mol. The van der Waals surface area contributed by atoms with Gasteiger partial charge in [0.1, 0.15) is 0 Å². The minimum Gasteiger partial charge on any atom is -0.352 e. The first-order valence-electron chi connectivity index (χ1n) is 7.00. The number of hydrogen-bond donors (Lipinski definition) is 2. The van der Waals surface area contributed by atoms with Crippen LogP contribution in [-0.4, -0.2) is 42.0 Å². The van der Waals surface area contributed by atoms with Gasteiger partial charge in [-0.2, -0.15) is 0 Å². The second-order valence-corrected chi connectivity index (χ2v) is 5.46. The Labute approximate surface area is 104 Å². The average Bonchev–Trinajstić information content (AvgIpc) is 2.76. The van der Waals surface area contributed by atoms with Crippen LogP contribution in [0.4, 0.5) is 0 Å². The van der Waals surface area contributed by atoms with Crippen molar-refractivity contribution >= 4 is 5.91 Å². The predicted octanol–water partition coefficient (Wildman–Crippen LogP) is 0.857. The summed E-state index contributed by atoms with van der Waals surface area (Å²) >= 11 is 0. The molecule has 2 saturated heterocycles. The molecule has 0 spiro atoms. The number of nitrogens with zero attached hydrogens (tertiary/aromatic N) is 1. The summed E-state index contributed by atoms with van der Waals surface area (Å²) in [5, 5.41) is 3.13. The molecule has 2 fully saturated rings. The van der Waals surface area contributed by atoms with E-state index in [1.165, 1.54) is 19.4 Å². The van der Waals surface area contributed by atoms with Crippen LogP contribution in [0.1, 0.15) is 45.4 Å². The van der Waals surface area contributed by atoms with Gasteiger partial charge in [-0.3, -0.25) is 4.79 Å². The van der Waals surface area contributed by atoms with E-state index in [1.54, 1.807) is 0 Å². The molecular formula is C13H25N3O. The molecule has 98 valence electrons. The Balaban J connectivity index is 1.77. The highest BCUT2D eigenvalue weighted by molar-refractivity contribution is 5.81. The van der Waals surface area contributed by atoms with Crippen LogP contribution in [0.2, 0.25) is 0 Å². The van der Waals surface area contributed by atoms with Gasteiger partial charge >= 0.3 is 0 Å². The molecule has 2 heterocycles. The van der Waals surface area contributed by atoms with E-state index in [0.29, 0.717) is 12.1 Å². The second kappa shape index (κ2) is 5.83. The molecular weight excluding hydrogens is 214 g/mol. The van der Waals surface area contributed by atoms with Crippen LogP contribution in [0.15, 0.2) is 0 Å². The van der Waals surface area contributed by atoms with Crippen molar-refractivity contribution in [2.75, 3.05) is 13.1 Å². The van der Waals surface area contributed by atoms with Crippen LogP contribution in [0.3, 0.4) is 0 Å². The second-order valence-electron chi connectivity index (χ2n) is 5.46. The van der Waals surface area contributed by atoms with E-state index in [2.05, 4.69) is 17.1 Å². The maximum atomic E-state index is 11.8. The maximum absolute atomic E-state index is 11.8. The van der Waals surface area contributed by atoms with Crippen molar-refractivity contribution in [2.45, 2.75) is 63.6 Å². The number of carbonyl (C=O) groups is 1. The number of carbonyl (C=O) groups excluding carboxylic acids is 1. The highest BCUT2D eigenvalue weighted by atomic mass is 16.2. The number of nitrogens with one attached hydrogen (secondary N) is 1. The van der Waals surface area contributed by atoms with Crippen LogP contribution in [0, 0.1) is 0 Å². The van der Waals surface area contributed by atoms with Crippen LogP contribution in [0.25, 0.3) is 0 Å². The number of fused-ring (bicyclic) bond motifs is 1. The SMILES string of the molecule is CCCC(N)C(=O)NC1CCN2CCCC2C1. The monoisotopic (exact) mass is 239 g/mol. The highest BCUT2D eigenvalue weighted by Crippen LogP contribution is 2.26. The van der Waals surface area contributed by atoms with E-state index in [0.717, 1.165) is 32.2 Å². The summed E-state index contributed by atoms with van der Waals surface area (Å²) < 4.78 is 0. The fourth-order valence-electron chi connectivity index (χ4n) is 3.11. The van der Waals surface area contributed by atoms with Gasteiger partial charge in [-0.05, 0) is 38.6 Å². The molecule has 2 aliphatic rings. The maximum Gasteiger partial charge on any atom is 0.237 e. The summed E-state index contributed by atoms with van der Waals surface area (Å²) in [7, 11) is 0. The highest BCUT2D eigenvalue weighted by Gasteiger charge is 2.32. The molecule has 1 amide bonds. The summed E-state index contributed by atoms with van der Waals surface area (Å²) in [6, 6.07) is 0.739. The van der Waals surface area contributed by atoms with Crippen molar-refractivity contribution in [3.63, 3.8) is 0 Å².